The second kappa shape index (κ2) is 13.8. The number of aromatic nitrogens is 1. The summed E-state index contributed by atoms with van der Waals surface area (Å²) in [7, 11) is 1.71. The van der Waals surface area contributed by atoms with Crippen LogP contribution in [0.15, 0.2) is 118 Å². The SMILES string of the molecule is C=C(C(=C)C1(C)CCC=C(C2=NC=C=CC3=C2C=C(c2ccc(C(=O)CC)nc2)C3)CC1)C(=C(C)CC)c1ccc(OC)c(C)c1. The maximum absolute atomic E-state index is 12.1. The third kappa shape index (κ3) is 6.55. The Morgan fingerprint density at radius 1 is 1.09 bits per heavy atom. The van der Waals surface area contributed by atoms with E-state index in [1.807, 2.05) is 25.3 Å². The molecule has 0 amide bonds. The highest BCUT2D eigenvalue weighted by molar-refractivity contribution is 6.17. The zero-order chi connectivity index (χ0) is 33.0. The molecule has 4 nitrogen and oxygen atoms in total. The number of aryl methyl sites for hydroxylation is 1. The fourth-order valence-corrected chi connectivity index (χ4v) is 6.77. The minimum atomic E-state index is -0.104. The monoisotopic (exact) mass is 610 g/mol. The van der Waals surface area contributed by atoms with Crippen LogP contribution in [0.2, 0.25) is 0 Å². The van der Waals surface area contributed by atoms with Crippen LogP contribution in [0.1, 0.15) is 99.8 Å². The van der Waals surface area contributed by atoms with Crippen LogP contribution in [0.3, 0.4) is 0 Å². The fraction of sp³-hybridized carbons (Fsp3) is 0.333. The van der Waals surface area contributed by atoms with E-state index in [2.05, 4.69) is 81.4 Å². The zero-order valence-corrected chi connectivity index (χ0v) is 28.3. The molecule has 0 saturated carbocycles. The van der Waals surface area contributed by atoms with Gasteiger partial charge in [0.2, 0.25) is 0 Å². The van der Waals surface area contributed by atoms with E-state index in [9.17, 15) is 4.79 Å². The Morgan fingerprint density at radius 2 is 1.89 bits per heavy atom. The van der Waals surface area contributed by atoms with E-state index in [0.29, 0.717) is 12.1 Å². The van der Waals surface area contributed by atoms with Crippen molar-refractivity contribution in [3.8, 4) is 5.75 Å². The predicted octanol–water partition coefficient (Wildman–Crippen LogP) is 10.7. The first-order valence-corrected chi connectivity index (χ1v) is 16.5. The largest absolute Gasteiger partial charge is 0.496 e. The van der Waals surface area contributed by atoms with Crippen molar-refractivity contribution in [3.63, 3.8) is 0 Å². The van der Waals surface area contributed by atoms with Crippen LogP contribution in [0.5, 0.6) is 5.75 Å². The van der Waals surface area contributed by atoms with E-state index in [0.717, 1.165) is 83.4 Å². The maximum Gasteiger partial charge on any atom is 0.180 e. The molecule has 2 aromatic rings. The molecule has 1 unspecified atom stereocenters. The van der Waals surface area contributed by atoms with Gasteiger partial charge in [0.15, 0.2) is 5.78 Å². The molecule has 1 aromatic heterocycles. The van der Waals surface area contributed by atoms with E-state index in [1.165, 1.54) is 27.9 Å². The lowest BCUT2D eigenvalue weighted by atomic mass is 9.71. The number of hydrogen-bond acceptors (Lipinski definition) is 4. The van der Waals surface area contributed by atoms with Crippen molar-refractivity contribution in [3.05, 3.63) is 136 Å². The van der Waals surface area contributed by atoms with Gasteiger partial charge in [-0.3, -0.25) is 9.78 Å². The van der Waals surface area contributed by atoms with Gasteiger partial charge in [-0.1, -0.05) is 57.7 Å². The summed E-state index contributed by atoms with van der Waals surface area (Å²) in [4.78, 5) is 21.5. The van der Waals surface area contributed by atoms with Crippen molar-refractivity contribution in [1.29, 1.82) is 0 Å². The van der Waals surface area contributed by atoms with Crippen LogP contribution in [0, 0.1) is 12.3 Å². The molecular weight excluding hydrogens is 564 g/mol. The van der Waals surface area contributed by atoms with Gasteiger partial charge in [0.1, 0.15) is 11.4 Å². The molecular formula is C42H46N2O2. The fourth-order valence-electron chi connectivity index (χ4n) is 6.77. The van der Waals surface area contributed by atoms with Crippen LogP contribution in [-0.4, -0.2) is 23.6 Å². The van der Waals surface area contributed by atoms with E-state index in [1.54, 1.807) is 13.3 Å². The number of carbonyl (C=O) groups excluding carboxylic acids is 1. The smallest absolute Gasteiger partial charge is 0.180 e. The van der Waals surface area contributed by atoms with Gasteiger partial charge in [0.05, 0.1) is 19.0 Å². The summed E-state index contributed by atoms with van der Waals surface area (Å²) >= 11 is 0. The van der Waals surface area contributed by atoms with Crippen molar-refractivity contribution in [2.24, 2.45) is 10.4 Å². The number of benzene rings is 1. The maximum atomic E-state index is 12.1. The molecule has 3 aliphatic rings. The summed E-state index contributed by atoms with van der Waals surface area (Å²) in [5.74, 6) is 0.952. The number of Topliss-reactive ketones (excluding diaryl/α,β-unsaturated/α-hetero) is 1. The van der Waals surface area contributed by atoms with Crippen molar-refractivity contribution >= 4 is 22.6 Å². The number of nitrogens with zero attached hydrogens (tertiary/aromatic N) is 2. The van der Waals surface area contributed by atoms with Gasteiger partial charge in [-0.05, 0) is 138 Å². The lowest BCUT2D eigenvalue weighted by Gasteiger charge is -2.33. The summed E-state index contributed by atoms with van der Waals surface area (Å²) in [5, 5.41) is 0. The zero-order valence-electron chi connectivity index (χ0n) is 28.3. The number of carbonyl (C=O) groups is 1. The van der Waals surface area contributed by atoms with Gasteiger partial charge in [-0.2, -0.15) is 0 Å². The third-order valence-corrected chi connectivity index (χ3v) is 9.94. The van der Waals surface area contributed by atoms with Crippen molar-refractivity contribution < 1.29 is 9.53 Å². The molecule has 1 atom stereocenters. The minimum Gasteiger partial charge on any atom is -0.496 e. The van der Waals surface area contributed by atoms with Crippen molar-refractivity contribution in [1.82, 2.24) is 4.98 Å². The first-order chi connectivity index (χ1) is 22.1. The molecule has 0 radical (unpaired) electrons. The van der Waals surface area contributed by atoms with Gasteiger partial charge in [0.25, 0.3) is 0 Å². The highest BCUT2D eigenvalue weighted by atomic mass is 16.5. The molecule has 4 heteroatoms. The third-order valence-electron chi connectivity index (χ3n) is 9.94. The van der Waals surface area contributed by atoms with Crippen LogP contribution in [-0.2, 0) is 0 Å². The molecule has 0 saturated heterocycles. The van der Waals surface area contributed by atoms with Gasteiger partial charge in [-0.25, -0.2) is 4.99 Å². The van der Waals surface area contributed by atoms with Crippen LogP contribution in [0.4, 0.5) is 0 Å². The Kier molecular flexibility index (Phi) is 9.89. The van der Waals surface area contributed by atoms with Crippen molar-refractivity contribution in [2.75, 3.05) is 7.11 Å². The average Bonchev–Trinajstić information content (AvgIpc) is 3.25. The molecule has 2 aliphatic carbocycles. The number of methoxy groups -OCH3 is 1. The molecule has 0 bridgehead atoms. The Hall–Kier alpha value is -4.53. The average molecular weight is 611 g/mol. The summed E-state index contributed by atoms with van der Waals surface area (Å²) in [6.07, 6.45) is 16.3. The van der Waals surface area contributed by atoms with E-state index in [-0.39, 0.29) is 11.2 Å². The van der Waals surface area contributed by atoms with Crippen LogP contribution >= 0.6 is 0 Å². The molecule has 5 rings (SSSR count). The lowest BCUT2D eigenvalue weighted by Crippen LogP contribution is -2.20. The number of ketones is 1. The Morgan fingerprint density at radius 3 is 2.57 bits per heavy atom. The second-order valence-electron chi connectivity index (χ2n) is 12.9. The Balaban J connectivity index is 1.37. The molecule has 0 fully saturated rings. The van der Waals surface area contributed by atoms with E-state index >= 15 is 0 Å². The van der Waals surface area contributed by atoms with Gasteiger partial charge in [0, 0.05) is 18.2 Å². The molecule has 0 N–H and O–H groups in total. The van der Waals surface area contributed by atoms with Crippen LogP contribution in [0.25, 0.3) is 11.1 Å². The normalized spacial score (nSPS) is 19.7. The second-order valence-corrected chi connectivity index (χ2v) is 12.9. The van der Waals surface area contributed by atoms with Gasteiger partial charge >= 0.3 is 0 Å². The molecule has 1 aliphatic heterocycles. The van der Waals surface area contributed by atoms with Crippen LogP contribution < -0.4 is 4.74 Å². The number of rotatable bonds is 10. The molecule has 1 aromatic carbocycles. The minimum absolute atomic E-state index is 0.0606. The lowest BCUT2D eigenvalue weighted by molar-refractivity contribution is 0.0983. The number of ether oxygens (including phenoxy) is 1. The summed E-state index contributed by atoms with van der Waals surface area (Å²) in [6.45, 7) is 20.1. The Labute approximate surface area is 275 Å². The first-order valence-electron chi connectivity index (χ1n) is 16.5. The molecule has 0 spiro atoms. The molecule has 46 heavy (non-hydrogen) atoms. The van der Waals surface area contributed by atoms with E-state index < -0.39 is 0 Å². The van der Waals surface area contributed by atoms with Crippen molar-refractivity contribution in [2.45, 2.75) is 79.6 Å². The van der Waals surface area contributed by atoms with Gasteiger partial charge in [-0.15, -0.1) is 5.73 Å². The number of pyridine rings is 1. The first kappa shape index (κ1) is 32.9. The molecule has 236 valence electrons. The Bertz CT molecular complexity index is 1820. The summed E-state index contributed by atoms with van der Waals surface area (Å²) in [5.41, 5.74) is 17.5. The highest BCUT2D eigenvalue weighted by Gasteiger charge is 2.33. The summed E-state index contributed by atoms with van der Waals surface area (Å²) < 4.78 is 5.54. The summed E-state index contributed by atoms with van der Waals surface area (Å²) in [6, 6.07) is 10.2. The predicted molar refractivity (Wildman–Crippen MR) is 192 cm³/mol. The number of allylic oxidation sites excluding steroid dienone is 11. The highest BCUT2D eigenvalue weighted by Crippen LogP contribution is 2.47. The molecule has 2 heterocycles. The van der Waals surface area contributed by atoms with Gasteiger partial charge < -0.3 is 4.74 Å². The quantitative estimate of drug-likeness (QED) is 0.153. The number of aliphatic imine (C=N–C) groups is 1. The number of hydrogen-bond donors (Lipinski definition) is 0. The topological polar surface area (TPSA) is 51.5 Å². The standard InChI is InChI=1S/C42H46N2O2/c1-9-27(3)40(33-16-18-39(46-8)28(4)23-33)29(5)30(6)42(7)20-11-13-31(19-21-42)41-36-25-35(24-32(36)14-12-22-43-41)34-15-17-37(44-26-34)38(45)10-2/h13-18,22-23,25-26H,5-6,9-11,19-21,24H2,1-4,7-8H3. The van der Waals surface area contributed by atoms with E-state index in [4.69, 9.17) is 16.3 Å².